The van der Waals surface area contributed by atoms with E-state index in [9.17, 15) is 40.5 Å². The first-order valence-corrected chi connectivity index (χ1v) is 11.0. The lowest BCUT2D eigenvalue weighted by Crippen LogP contribution is -2.61. The van der Waals surface area contributed by atoms with Gasteiger partial charge >= 0.3 is 5.97 Å². The second-order valence-corrected chi connectivity index (χ2v) is 8.20. The molecule has 12 nitrogen and oxygen atoms in total. The minimum atomic E-state index is -1.70. The Morgan fingerprint density at radius 2 is 1.31 bits per heavy atom. The SMILES string of the molecule is CCCCCCCC(=O)OC1OC(COC2OC(CO)C(O)C(O)C2O)C(O)C(O)C1O. The van der Waals surface area contributed by atoms with Gasteiger partial charge in [-0.05, 0) is 6.42 Å². The molecule has 0 spiro atoms. The molecular formula is C20H36O12. The molecule has 0 aromatic carbocycles. The summed E-state index contributed by atoms with van der Waals surface area (Å²) < 4.78 is 21.0. The van der Waals surface area contributed by atoms with E-state index < -0.39 is 80.6 Å². The number of unbranched alkanes of at least 4 members (excludes halogenated alkanes) is 4. The second kappa shape index (κ2) is 13.1. The summed E-state index contributed by atoms with van der Waals surface area (Å²) in [4.78, 5) is 12.1. The smallest absolute Gasteiger partial charge is 0.308 e. The number of hydrogen-bond acceptors (Lipinski definition) is 12. The van der Waals surface area contributed by atoms with Crippen LogP contribution in [0.3, 0.4) is 0 Å². The Kier molecular flexibility index (Phi) is 11.2. The van der Waals surface area contributed by atoms with E-state index in [4.69, 9.17) is 18.9 Å². The van der Waals surface area contributed by atoms with Crippen molar-refractivity contribution in [3.8, 4) is 0 Å². The van der Waals surface area contributed by atoms with Gasteiger partial charge in [0.1, 0.15) is 48.8 Å². The Labute approximate surface area is 186 Å². The highest BCUT2D eigenvalue weighted by atomic mass is 16.7. The van der Waals surface area contributed by atoms with Gasteiger partial charge in [0.2, 0.25) is 6.29 Å². The van der Waals surface area contributed by atoms with E-state index >= 15 is 0 Å². The molecule has 0 bridgehead atoms. The van der Waals surface area contributed by atoms with Crippen LogP contribution in [0.4, 0.5) is 0 Å². The average molecular weight is 468 g/mol. The summed E-state index contributed by atoms with van der Waals surface area (Å²) in [5, 5.41) is 69.2. The first-order valence-electron chi connectivity index (χ1n) is 11.0. The van der Waals surface area contributed by atoms with Crippen LogP contribution in [0, 0.1) is 0 Å². The topological polar surface area (TPSA) is 196 Å². The zero-order valence-corrected chi connectivity index (χ0v) is 18.1. The lowest BCUT2D eigenvalue weighted by molar-refractivity contribution is -0.327. The summed E-state index contributed by atoms with van der Waals surface area (Å²) in [5.74, 6) is -0.622. The standard InChI is InChI=1S/C20H36O12/c1-2-3-4-5-6-7-12(22)32-20-18(28)16(26)14(24)11(31-20)9-29-19-17(27)15(25)13(23)10(8-21)30-19/h10-11,13-21,23-28H,2-9H2,1H3. The van der Waals surface area contributed by atoms with Gasteiger partial charge in [-0.1, -0.05) is 32.6 Å². The first kappa shape index (κ1) is 27.3. The van der Waals surface area contributed by atoms with Gasteiger partial charge in [-0.25, -0.2) is 0 Å². The molecule has 12 heteroatoms. The van der Waals surface area contributed by atoms with E-state index in [-0.39, 0.29) is 6.42 Å². The molecule has 188 valence electrons. The van der Waals surface area contributed by atoms with Crippen molar-refractivity contribution in [1.82, 2.24) is 0 Å². The predicted octanol–water partition coefficient (Wildman–Crippen LogP) is -2.49. The lowest BCUT2D eigenvalue weighted by Gasteiger charge is -2.42. The minimum Gasteiger partial charge on any atom is -0.433 e. The van der Waals surface area contributed by atoms with E-state index in [0.29, 0.717) is 6.42 Å². The number of hydrogen-bond donors (Lipinski definition) is 7. The highest BCUT2D eigenvalue weighted by Gasteiger charge is 2.48. The van der Waals surface area contributed by atoms with Crippen LogP contribution >= 0.6 is 0 Å². The maximum atomic E-state index is 12.1. The van der Waals surface area contributed by atoms with Crippen LogP contribution in [-0.2, 0) is 23.7 Å². The number of aliphatic hydroxyl groups excluding tert-OH is 7. The van der Waals surface area contributed by atoms with E-state index in [2.05, 4.69) is 6.92 Å². The number of aliphatic hydroxyl groups is 7. The molecule has 0 radical (unpaired) electrons. The third-order valence-electron chi connectivity index (χ3n) is 5.67. The predicted molar refractivity (Wildman–Crippen MR) is 106 cm³/mol. The van der Waals surface area contributed by atoms with Gasteiger partial charge in [0.15, 0.2) is 6.29 Å². The fourth-order valence-electron chi connectivity index (χ4n) is 3.61. The summed E-state index contributed by atoms with van der Waals surface area (Å²) in [7, 11) is 0. The Morgan fingerprint density at radius 1 is 0.750 bits per heavy atom. The molecule has 0 aromatic rings. The largest absolute Gasteiger partial charge is 0.433 e. The van der Waals surface area contributed by atoms with Gasteiger partial charge in [-0.15, -0.1) is 0 Å². The van der Waals surface area contributed by atoms with E-state index in [1.54, 1.807) is 0 Å². The third-order valence-corrected chi connectivity index (χ3v) is 5.67. The van der Waals surface area contributed by atoms with Crippen LogP contribution in [0.25, 0.3) is 0 Å². The molecule has 2 saturated heterocycles. The Morgan fingerprint density at radius 3 is 1.94 bits per heavy atom. The zero-order chi connectivity index (χ0) is 23.8. The number of esters is 1. The molecule has 0 aromatic heterocycles. The molecule has 2 rings (SSSR count). The second-order valence-electron chi connectivity index (χ2n) is 8.20. The molecule has 0 aliphatic carbocycles. The molecule has 2 aliphatic heterocycles. The van der Waals surface area contributed by atoms with Crippen molar-refractivity contribution in [3.05, 3.63) is 0 Å². The molecule has 32 heavy (non-hydrogen) atoms. The van der Waals surface area contributed by atoms with Crippen LogP contribution < -0.4 is 0 Å². The van der Waals surface area contributed by atoms with Gasteiger partial charge in [0.05, 0.1) is 13.2 Å². The first-order chi connectivity index (χ1) is 15.2. The summed E-state index contributed by atoms with van der Waals surface area (Å²) in [6, 6.07) is 0. The monoisotopic (exact) mass is 468 g/mol. The van der Waals surface area contributed by atoms with Crippen molar-refractivity contribution in [2.75, 3.05) is 13.2 Å². The molecule has 0 amide bonds. The zero-order valence-electron chi connectivity index (χ0n) is 18.1. The Hall–Kier alpha value is -0.930. The van der Waals surface area contributed by atoms with Gasteiger partial charge in [-0.2, -0.15) is 0 Å². The van der Waals surface area contributed by atoms with Gasteiger partial charge in [-0.3, -0.25) is 4.79 Å². The molecule has 2 aliphatic rings. The third kappa shape index (κ3) is 7.03. The lowest BCUT2D eigenvalue weighted by atomic mass is 9.98. The fraction of sp³-hybridized carbons (Fsp3) is 0.950. The van der Waals surface area contributed by atoms with Crippen molar-refractivity contribution in [2.45, 2.75) is 107 Å². The van der Waals surface area contributed by atoms with Crippen LogP contribution in [0.15, 0.2) is 0 Å². The van der Waals surface area contributed by atoms with Crippen LogP contribution in [0.2, 0.25) is 0 Å². The Balaban J connectivity index is 1.89. The fourth-order valence-corrected chi connectivity index (χ4v) is 3.61. The van der Waals surface area contributed by atoms with Crippen molar-refractivity contribution < 1.29 is 59.5 Å². The van der Waals surface area contributed by atoms with E-state index in [1.807, 2.05) is 0 Å². The normalized spacial score (nSPS) is 40.2. The molecular weight excluding hydrogens is 432 g/mol. The minimum absolute atomic E-state index is 0.112. The number of carbonyl (C=O) groups excluding carboxylic acids is 1. The summed E-state index contributed by atoms with van der Waals surface area (Å²) in [6.45, 7) is 0.945. The van der Waals surface area contributed by atoms with Gasteiger partial charge in [0.25, 0.3) is 0 Å². The van der Waals surface area contributed by atoms with Gasteiger partial charge in [0, 0.05) is 6.42 Å². The molecule has 2 heterocycles. The summed E-state index contributed by atoms with van der Waals surface area (Å²) >= 11 is 0. The molecule has 0 saturated carbocycles. The maximum absolute atomic E-state index is 12.1. The van der Waals surface area contributed by atoms with Crippen LogP contribution in [0.5, 0.6) is 0 Å². The van der Waals surface area contributed by atoms with Gasteiger partial charge < -0.3 is 54.7 Å². The average Bonchev–Trinajstić information content (AvgIpc) is 2.78. The van der Waals surface area contributed by atoms with E-state index in [1.165, 1.54) is 0 Å². The van der Waals surface area contributed by atoms with Crippen molar-refractivity contribution in [1.29, 1.82) is 0 Å². The maximum Gasteiger partial charge on any atom is 0.308 e. The summed E-state index contributed by atoms with van der Waals surface area (Å²) in [5.41, 5.74) is 0. The van der Waals surface area contributed by atoms with E-state index in [0.717, 1.165) is 25.7 Å². The van der Waals surface area contributed by atoms with Crippen molar-refractivity contribution in [2.24, 2.45) is 0 Å². The molecule has 7 N–H and O–H groups in total. The summed E-state index contributed by atoms with van der Waals surface area (Å²) in [6.07, 6.45) is -10.6. The molecule has 10 unspecified atom stereocenters. The quantitative estimate of drug-likeness (QED) is 0.125. The number of carbonyl (C=O) groups is 1. The van der Waals surface area contributed by atoms with Crippen molar-refractivity contribution >= 4 is 5.97 Å². The number of ether oxygens (including phenoxy) is 4. The van der Waals surface area contributed by atoms with Crippen molar-refractivity contribution in [3.63, 3.8) is 0 Å². The molecule has 2 fully saturated rings. The van der Waals surface area contributed by atoms with Crippen LogP contribution in [-0.4, -0.2) is 116 Å². The highest BCUT2D eigenvalue weighted by Crippen LogP contribution is 2.26. The molecule has 10 atom stereocenters. The number of rotatable bonds is 11. The Bertz CT molecular complexity index is 561. The highest BCUT2D eigenvalue weighted by molar-refractivity contribution is 5.69. The van der Waals surface area contributed by atoms with Crippen LogP contribution in [0.1, 0.15) is 45.4 Å².